The van der Waals surface area contributed by atoms with Crippen LogP contribution in [0.4, 0.5) is 17.2 Å². The monoisotopic (exact) mass is 552 g/mol. The highest BCUT2D eigenvalue weighted by molar-refractivity contribution is 7.85. The fourth-order valence-corrected chi connectivity index (χ4v) is 3.86. The first-order chi connectivity index (χ1) is 16.9. The summed E-state index contributed by atoms with van der Waals surface area (Å²) >= 11 is 7.02. The van der Waals surface area contributed by atoms with Crippen molar-refractivity contribution in [1.29, 1.82) is 5.41 Å². The SMILES string of the molecule is CS(=O)(=O)O.Cc1ncc(C(=O)Nc2ccc(N3CCOC3=N)cc2)c(NC(=O)c2ccc(Cl)s2)n1. The number of anilines is 3. The molecule has 4 rings (SSSR count). The summed E-state index contributed by atoms with van der Waals surface area (Å²) in [5.41, 5.74) is 1.46. The van der Waals surface area contributed by atoms with Crippen LogP contribution in [-0.4, -0.2) is 60.2 Å². The van der Waals surface area contributed by atoms with Crippen LogP contribution in [0.15, 0.2) is 42.6 Å². The number of benzene rings is 1. The van der Waals surface area contributed by atoms with Gasteiger partial charge in [-0.2, -0.15) is 8.42 Å². The molecule has 0 radical (unpaired) electrons. The lowest BCUT2D eigenvalue weighted by Gasteiger charge is -2.15. The van der Waals surface area contributed by atoms with Crippen LogP contribution in [0.1, 0.15) is 25.9 Å². The second kappa shape index (κ2) is 11.4. The molecule has 1 aromatic carbocycles. The van der Waals surface area contributed by atoms with Crippen molar-refractivity contribution < 1.29 is 27.3 Å². The van der Waals surface area contributed by atoms with Crippen LogP contribution < -0.4 is 15.5 Å². The number of nitrogens with zero attached hydrogens (tertiary/aromatic N) is 3. The normalized spacial score (nSPS) is 12.9. The zero-order valence-electron chi connectivity index (χ0n) is 19.0. The van der Waals surface area contributed by atoms with Gasteiger partial charge in [0.15, 0.2) is 0 Å². The molecule has 36 heavy (non-hydrogen) atoms. The topological polar surface area (TPSA) is 175 Å². The summed E-state index contributed by atoms with van der Waals surface area (Å²) < 4.78 is 31.5. The molecular formula is C21H21ClN6O6S2. The lowest BCUT2D eigenvalue weighted by molar-refractivity contribution is 0.102. The van der Waals surface area contributed by atoms with Gasteiger partial charge in [-0.1, -0.05) is 11.6 Å². The molecule has 1 aliphatic rings. The predicted octanol–water partition coefficient (Wildman–Crippen LogP) is 3.28. The fraction of sp³-hybridized carbons (Fsp3) is 0.190. The zero-order chi connectivity index (χ0) is 26.5. The number of nitrogens with one attached hydrogen (secondary N) is 3. The van der Waals surface area contributed by atoms with Crippen LogP contribution in [0.3, 0.4) is 0 Å². The highest BCUT2D eigenvalue weighted by Crippen LogP contribution is 2.24. The van der Waals surface area contributed by atoms with Gasteiger partial charge in [0, 0.05) is 17.6 Å². The van der Waals surface area contributed by atoms with Crippen LogP contribution in [-0.2, 0) is 14.9 Å². The van der Waals surface area contributed by atoms with Gasteiger partial charge in [-0.3, -0.25) is 24.5 Å². The lowest BCUT2D eigenvalue weighted by Crippen LogP contribution is -2.24. The standard InChI is InChI=1S/C20H17ClN6O3S.CH4O3S/c1-11-23-10-14(17(24-11)26-19(29)15-6-7-16(21)31-15)18(28)25-12-2-4-13(5-3-12)27-8-9-30-20(27)22;1-5(2,3)4/h2-7,10,22H,8-9H2,1H3,(H,25,28)(H,23,24,26,29);1H3,(H,2,3,4). The Morgan fingerprint density at radius 3 is 2.39 bits per heavy atom. The number of ether oxygens (including phenoxy) is 1. The molecule has 0 spiro atoms. The minimum Gasteiger partial charge on any atom is -0.463 e. The molecule has 1 aliphatic heterocycles. The number of rotatable bonds is 5. The Balaban J connectivity index is 0.000000658. The Morgan fingerprint density at radius 1 is 1.17 bits per heavy atom. The maximum atomic E-state index is 12.8. The van der Waals surface area contributed by atoms with E-state index in [2.05, 4.69) is 20.6 Å². The maximum Gasteiger partial charge on any atom is 0.289 e. The first-order valence-corrected chi connectivity index (χ1v) is 13.2. The second-order valence-corrected chi connectivity index (χ2v) is 10.5. The Morgan fingerprint density at radius 2 is 1.83 bits per heavy atom. The van der Waals surface area contributed by atoms with Crippen LogP contribution in [0.5, 0.6) is 0 Å². The third-order valence-electron chi connectivity index (χ3n) is 4.42. The van der Waals surface area contributed by atoms with Crippen LogP contribution in [0.2, 0.25) is 4.34 Å². The molecule has 0 bridgehead atoms. The van der Waals surface area contributed by atoms with Crippen molar-refractivity contribution in [2.24, 2.45) is 0 Å². The number of thiophene rings is 1. The van der Waals surface area contributed by atoms with E-state index in [4.69, 9.17) is 26.3 Å². The van der Waals surface area contributed by atoms with Gasteiger partial charge in [0.1, 0.15) is 23.8 Å². The molecule has 3 heterocycles. The maximum absolute atomic E-state index is 12.8. The summed E-state index contributed by atoms with van der Waals surface area (Å²) in [5.74, 6) is -0.359. The first-order valence-electron chi connectivity index (χ1n) is 10.1. The van der Waals surface area contributed by atoms with E-state index in [1.165, 1.54) is 6.20 Å². The van der Waals surface area contributed by atoms with Crippen LogP contribution in [0, 0.1) is 12.3 Å². The molecule has 12 nitrogen and oxygen atoms in total. The van der Waals surface area contributed by atoms with Crippen molar-refractivity contribution in [3.05, 3.63) is 63.2 Å². The molecule has 1 fully saturated rings. The molecule has 0 unspecified atom stereocenters. The van der Waals surface area contributed by atoms with Crippen molar-refractivity contribution in [2.75, 3.05) is 34.9 Å². The number of amidine groups is 1. The number of amides is 2. The Hall–Kier alpha value is -3.59. The predicted molar refractivity (Wildman–Crippen MR) is 137 cm³/mol. The van der Waals surface area contributed by atoms with Gasteiger partial charge in [0.25, 0.3) is 28.0 Å². The number of aryl methyl sites for hydroxylation is 1. The highest BCUT2D eigenvalue weighted by atomic mass is 35.5. The van der Waals surface area contributed by atoms with E-state index in [-0.39, 0.29) is 17.4 Å². The molecule has 2 aromatic heterocycles. The van der Waals surface area contributed by atoms with E-state index >= 15 is 0 Å². The highest BCUT2D eigenvalue weighted by Gasteiger charge is 2.21. The average Bonchev–Trinajstić information content (AvgIpc) is 3.41. The Bertz CT molecular complexity index is 1390. The number of hydrogen-bond acceptors (Lipinski definition) is 9. The largest absolute Gasteiger partial charge is 0.463 e. The number of halogens is 1. The van der Waals surface area contributed by atoms with E-state index in [1.54, 1.807) is 48.2 Å². The van der Waals surface area contributed by atoms with Crippen molar-refractivity contribution in [3.63, 3.8) is 0 Å². The summed E-state index contributed by atoms with van der Waals surface area (Å²) in [6.07, 6.45) is 2.08. The number of aromatic nitrogens is 2. The zero-order valence-corrected chi connectivity index (χ0v) is 21.4. The van der Waals surface area contributed by atoms with Crippen LogP contribution >= 0.6 is 22.9 Å². The summed E-state index contributed by atoms with van der Waals surface area (Å²) in [6.45, 7) is 2.73. The van der Waals surface area contributed by atoms with Crippen molar-refractivity contribution in [2.45, 2.75) is 6.92 Å². The molecule has 15 heteroatoms. The van der Waals surface area contributed by atoms with E-state index in [0.717, 1.165) is 17.0 Å². The fourth-order valence-electron chi connectivity index (χ4n) is 2.92. The summed E-state index contributed by atoms with van der Waals surface area (Å²) in [5, 5.41) is 13.2. The molecule has 0 aliphatic carbocycles. The summed E-state index contributed by atoms with van der Waals surface area (Å²) in [7, 11) is -3.67. The van der Waals surface area contributed by atoms with Crippen LogP contribution in [0.25, 0.3) is 0 Å². The quantitative estimate of drug-likeness (QED) is 0.346. The van der Waals surface area contributed by atoms with Gasteiger partial charge in [-0.15, -0.1) is 11.3 Å². The molecular weight excluding hydrogens is 532 g/mol. The molecule has 1 saturated heterocycles. The summed E-state index contributed by atoms with van der Waals surface area (Å²) in [6, 6.07) is 10.3. The Labute approximate surface area is 215 Å². The van der Waals surface area contributed by atoms with Gasteiger partial charge >= 0.3 is 0 Å². The number of carbonyl (C=O) groups excluding carboxylic acids is 2. The lowest BCUT2D eigenvalue weighted by atomic mass is 10.2. The van der Waals surface area contributed by atoms with E-state index in [0.29, 0.717) is 40.1 Å². The van der Waals surface area contributed by atoms with Gasteiger partial charge in [-0.25, -0.2) is 9.97 Å². The number of hydrogen-bond donors (Lipinski definition) is 4. The Kier molecular flexibility index (Phi) is 8.57. The van der Waals surface area contributed by atoms with Gasteiger partial charge < -0.3 is 15.4 Å². The second-order valence-electron chi connectivity index (χ2n) is 7.28. The van der Waals surface area contributed by atoms with Gasteiger partial charge in [0.05, 0.1) is 22.0 Å². The minimum absolute atomic E-state index is 0.0981. The molecule has 190 valence electrons. The van der Waals surface area contributed by atoms with E-state index in [9.17, 15) is 18.0 Å². The third-order valence-corrected chi connectivity index (χ3v) is 5.65. The molecule has 2 amide bonds. The molecule has 0 saturated carbocycles. The average molecular weight is 553 g/mol. The molecule has 4 N–H and O–H groups in total. The summed E-state index contributed by atoms with van der Waals surface area (Å²) in [4.78, 5) is 35.7. The van der Waals surface area contributed by atoms with Crippen molar-refractivity contribution in [1.82, 2.24) is 9.97 Å². The van der Waals surface area contributed by atoms with E-state index in [1.807, 2.05) is 0 Å². The van der Waals surface area contributed by atoms with Gasteiger partial charge in [0.2, 0.25) is 0 Å². The molecule has 0 atom stereocenters. The minimum atomic E-state index is -3.67. The van der Waals surface area contributed by atoms with Crippen molar-refractivity contribution in [3.8, 4) is 0 Å². The first kappa shape index (κ1) is 27.0. The smallest absolute Gasteiger partial charge is 0.289 e. The van der Waals surface area contributed by atoms with E-state index < -0.39 is 21.9 Å². The molecule has 3 aromatic rings. The number of carbonyl (C=O) groups is 2. The van der Waals surface area contributed by atoms with Crippen molar-refractivity contribution >= 4 is 68.1 Å². The third kappa shape index (κ3) is 7.71. The van der Waals surface area contributed by atoms with Gasteiger partial charge in [-0.05, 0) is 43.3 Å².